The van der Waals surface area contributed by atoms with Crippen LogP contribution in [-0.4, -0.2) is 22.5 Å². The first-order chi connectivity index (χ1) is 5.88. The topological polar surface area (TPSA) is 53.6 Å². The maximum atomic E-state index is 3.97. The van der Waals surface area contributed by atoms with Crippen LogP contribution in [-0.2, 0) is 0 Å². The summed E-state index contributed by atoms with van der Waals surface area (Å²) >= 11 is 0. The van der Waals surface area contributed by atoms with Crippen molar-refractivity contribution >= 4 is 0 Å². The summed E-state index contributed by atoms with van der Waals surface area (Å²) in [5.74, 6) is 5.84. The van der Waals surface area contributed by atoms with E-state index >= 15 is 0 Å². The Bertz CT molecular complexity index is 267. The first-order valence-electron chi connectivity index (χ1n) is 3.81. The third kappa shape index (κ3) is 2.07. The third-order valence-corrected chi connectivity index (χ3v) is 1.62. The van der Waals surface area contributed by atoms with Gasteiger partial charge in [0.1, 0.15) is 5.69 Å². The van der Waals surface area contributed by atoms with E-state index in [9.17, 15) is 0 Å². The number of nitrogens with one attached hydrogen (secondary N) is 2. The van der Waals surface area contributed by atoms with Crippen LogP contribution in [0.3, 0.4) is 0 Å². The molecule has 0 amide bonds. The predicted molar refractivity (Wildman–Crippen MR) is 46.3 cm³/mol. The molecule has 1 atom stereocenters. The lowest BCUT2D eigenvalue weighted by molar-refractivity contribution is 0.592. The van der Waals surface area contributed by atoms with E-state index in [-0.39, 0.29) is 6.04 Å². The van der Waals surface area contributed by atoms with Crippen molar-refractivity contribution in [3.63, 3.8) is 0 Å². The molecule has 0 fully saturated rings. The highest BCUT2D eigenvalue weighted by Gasteiger charge is 2.09. The molecule has 0 radical (unpaired) electrons. The van der Waals surface area contributed by atoms with Crippen molar-refractivity contribution in [1.29, 1.82) is 0 Å². The highest BCUT2D eigenvalue weighted by Crippen LogP contribution is 2.10. The zero-order valence-corrected chi connectivity index (χ0v) is 7.26. The van der Waals surface area contributed by atoms with E-state index in [1.807, 2.05) is 14.0 Å². The second-order valence-corrected chi connectivity index (χ2v) is 2.37. The van der Waals surface area contributed by atoms with E-state index in [1.54, 1.807) is 6.20 Å². The van der Waals surface area contributed by atoms with E-state index in [0.29, 0.717) is 0 Å². The van der Waals surface area contributed by atoms with Gasteiger partial charge in [-0.2, -0.15) is 15.4 Å². The summed E-state index contributed by atoms with van der Waals surface area (Å²) in [7, 11) is 1.89. The van der Waals surface area contributed by atoms with Crippen LogP contribution >= 0.6 is 0 Å². The van der Waals surface area contributed by atoms with Gasteiger partial charge in [-0.1, -0.05) is 0 Å². The Labute approximate surface area is 71.8 Å². The fourth-order valence-electron chi connectivity index (χ4n) is 0.937. The van der Waals surface area contributed by atoms with Crippen molar-refractivity contribution < 1.29 is 0 Å². The number of hydrogen-bond acceptors (Lipinski definition) is 3. The second kappa shape index (κ2) is 4.52. The number of nitrogens with zero attached hydrogens (tertiary/aromatic N) is 2. The molecule has 64 valence electrons. The minimum absolute atomic E-state index is 0.177. The molecule has 1 unspecified atom stereocenters. The molecule has 0 aliphatic heterocycles. The lowest BCUT2D eigenvalue weighted by Crippen LogP contribution is -2.16. The molecule has 0 saturated carbocycles. The number of rotatable bonds is 3. The Kier molecular flexibility index (Phi) is 3.30. The Morgan fingerprint density at radius 1 is 1.75 bits per heavy atom. The average Bonchev–Trinajstić information content (AvgIpc) is 2.59. The summed E-state index contributed by atoms with van der Waals surface area (Å²) in [6, 6.07) is 0.177. The van der Waals surface area contributed by atoms with Crippen molar-refractivity contribution in [1.82, 2.24) is 20.7 Å². The molecule has 0 spiro atoms. The van der Waals surface area contributed by atoms with Gasteiger partial charge in [-0.25, -0.2) is 0 Å². The van der Waals surface area contributed by atoms with Crippen LogP contribution in [0.1, 0.15) is 25.1 Å². The van der Waals surface area contributed by atoms with Gasteiger partial charge < -0.3 is 5.32 Å². The molecule has 12 heavy (non-hydrogen) atoms. The lowest BCUT2D eigenvalue weighted by Gasteiger charge is -2.07. The lowest BCUT2D eigenvalue weighted by atomic mass is 10.1. The second-order valence-electron chi connectivity index (χ2n) is 2.37. The highest BCUT2D eigenvalue weighted by atomic mass is 15.3. The fraction of sp³-hybridized carbons (Fsp3) is 0.500. The maximum Gasteiger partial charge on any atom is 0.100 e. The highest BCUT2D eigenvalue weighted by molar-refractivity contribution is 5.06. The standard InChI is InChI=1S/C8H12N4/c1-3-4-5-7(9-2)8-6-10-12-11-8/h6-7,9H,5H2,1-2H3,(H,10,11,12). The summed E-state index contributed by atoms with van der Waals surface area (Å²) in [6.45, 7) is 1.83. The normalized spacial score (nSPS) is 11.8. The van der Waals surface area contributed by atoms with E-state index in [4.69, 9.17) is 0 Å². The van der Waals surface area contributed by atoms with Gasteiger partial charge in [0.2, 0.25) is 0 Å². The van der Waals surface area contributed by atoms with Crippen molar-refractivity contribution in [3.05, 3.63) is 11.9 Å². The van der Waals surface area contributed by atoms with E-state index in [0.717, 1.165) is 12.1 Å². The van der Waals surface area contributed by atoms with E-state index in [2.05, 4.69) is 32.6 Å². The predicted octanol–water partition coefficient (Wildman–Crippen LogP) is 0.479. The summed E-state index contributed by atoms with van der Waals surface area (Å²) in [5.41, 5.74) is 0.903. The molecule has 0 bridgehead atoms. The van der Waals surface area contributed by atoms with Crippen molar-refractivity contribution in [2.24, 2.45) is 0 Å². The van der Waals surface area contributed by atoms with Gasteiger partial charge in [-0.3, -0.25) is 0 Å². The van der Waals surface area contributed by atoms with Crippen LogP contribution in [0, 0.1) is 11.8 Å². The molecule has 0 aliphatic rings. The minimum atomic E-state index is 0.177. The Balaban J connectivity index is 2.61. The zero-order chi connectivity index (χ0) is 8.81. The molecule has 1 rings (SSSR count). The molecule has 0 aromatic carbocycles. The largest absolute Gasteiger partial charge is 0.311 e. The molecule has 1 aromatic rings. The third-order valence-electron chi connectivity index (χ3n) is 1.62. The average molecular weight is 164 g/mol. The van der Waals surface area contributed by atoms with Crippen molar-refractivity contribution in [3.8, 4) is 11.8 Å². The molecule has 1 aromatic heterocycles. The van der Waals surface area contributed by atoms with Gasteiger partial charge in [0.15, 0.2) is 0 Å². The molecule has 4 heteroatoms. The zero-order valence-electron chi connectivity index (χ0n) is 7.26. The Morgan fingerprint density at radius 2 is 2.58 bits per heavy atom. The number of hydrogen-bond donors (Lipinski definition) is 2. The van der Waals surface area contributed by atoms with E-state index in [1.165, 1.54) is 0 Å². The smallest absolute Gasteiger partial charge is 0.100 e. The van der Waals surface area contributed by atoms with Crippen LogP contribution in [0.4, 0.5) is 0 Å². The number of aromatic nitrogens is 3. The van der Waals surface area contributed by atoms with Crippen LogP contribution in [0.5, 0.6) is 0 Å². The molecule has 1 heterocycles. The van der Waals surface area contributed by atoms with Crippen LogP contribution < -0.4 is 5.32 Å². The van der Waals surface area contributed by atoms with Gasteiger partial charge in [0.05, 0.1) is 12.2 Å². The molecular weight excluding hydrogens is 152 g/mol. The number of H-pyrrole nitrogens is 1. The minimum Gasteiger partial charge on any atom is -0.311 e. The monoisotopic (exact) mass is 164 g/mol. The molecule has 2 N–H and O–H groups in total. The van der Waals surface area contributed by atoms with Gasteiger partial charge >= 0.3 is 0 Å². The van der Waals surface area contributed by atoms with Gasteiger partial charge in [-0.05, 0) is 14.0 Å². The summed E-state index contributed by atoms with van der Waals surface area (Å²) < 4.78 is 0. The molecular formula is C8H12N4. The first kappa shape index (κ1) is 8.75. The van der Waals surface area contributed by atoms with Crippen LogP contribution in [0.15, 0.2) is 6.20 Å². The Morgan fingerprint density at radius 3 is 3.08 bits per heavy atom. The van der Waals surface area contributed by atoms with Crippen LogP contribution in [0.25, 0.3) is 0 Å². The summed E-state index contributed by atoms with van der Waals surface area (Å²) in [5, 5.41) is 13.4. The van der Waals surface area contributed by atoms with Gasteiger partial charge in [0.25, 0.3) is 0 Å². The SMILES string of the molecule is CC#CCC(NC)c1cn[nH]n1. The van der Waals surface area contributed by atoms with Crippen molar-refractivity contribution in [2.75, 3.05) is 7.05 Å². The Hall–Kier alpha value is -1.34. The first-order valence-corrected chi connectivity index (χ1v) is 3.81. The van der Waals surface area contributed by atoms with E-state index < -0.39 is 0 Å². The molecule has 4 nitrogen and oxygen atoms in total. The molecule has 0 aliphatic carbocycles. The summed E-state index contributed by atoms with van der Waals surface area (Å²) in [6.07, 6.45) is 2.47. The van der Waals surface area contributed by atoms with Crippen molar-refractivity contribution in [2.45, 2.75) is 19.4 Å². The molecule has 0 saturated heterocycles. The van der Waals surface area contributed by atoms with Crippen LogP contribution in [0.2, 0.25) is 0 Å². The quantitative estimate of drug-likeness (QED) is 0.639. The summed E-state index contributed by atoms with van der Waals surface area (Å²) in [4.78, 5) is 0. The maximum absolute atomic E-state index is 3.97. The van der Waals surface area contributed by atoms with Gasteiger partial charge in [0, 0.05) is 6.42 Å². The van der Waals surface area contributed by atoms with Gasteiger partial charge in [-0.15, -0.1) is 11.8 Å². The number of aromatic amines is 1. The fourth-order valence-corrected chi connectivity index (χ4v) is 0.937.